The summed E-state index contributed by atoms with van der Waals surface area (Å²) in [4.78, 5) is 0. The molecule has 0 aromatic rings. The zero-order valence-electron chi connectivity index (χ0n) is 6.39. The van der Waals surface area contributed by atoms with Gasteiger partial charge in [0.25, 0.3) is 0 Å². The van der Waals surface area contributed by atoms with Gasteiger partial charge in [-0.2, -0.15) is 0 Å². The highest BCUT2D eigenvalue weighted by atomic mass is 16.5. The van der Waals surface area contributed by atoms with Crippen molar-refractivity contribution in [2.75, 3.05) is 13.2 Å². The van der Waals surface area contributed by atoms with Gasteiger partial charge in [0.1, 0.15) is 0 Å². The molecule has 54 valence electrons. The van der Waals surface area contributed by atoms with Crippen LogP contribution in [0.25, 0.3) is 0 Å². The summed E-state index contributed by atoms with van der Waals surface area (Å²) >= 11 is 0. The van der Waals surface area contributed by atoms with E-state index in [1.165, 1.54) is 0 Å². The molecule has 0 spiro atoms. The lowest BCUT2D eigenvalue weighted by atomic mass is 10.6. The maximum atomic E-state index is 4.83. The average Bonchev–Trinajstić information content (AvgIpc) is 1.91. The minimum Gasteiger partial charge on any atom is -0.382 e. The van der Waals surface area contributed by atoms with Gasteiger partial charge >= 0.3 is 0 Å². The molecule has 0 fully saturated rings. The standard InChI is InChI=1S/C4H10O.C4H6/c1-3-5-4-2;1-3-4-2/h3-4H2,1-2H3;3-4H,1-2H2. The molecular weight excluding hydrogens is 112 g/mol. The van der Waals surface area contributed by atoms with Crippen molar-refractivity contribution < 1.29 is 4.74 Å². The summed E-state index contributed by atoms with van der Waals surface area (Å²) in [6.07, 6.45) is 3.28. The Morgan fingerprint density at radius 3 is 1.44 bits per heavy atom. The van der Waals surface area contributed by atoms with Crippen LogP contribution in [0.2, 0.25) is 0 Å². The zero-order chi connectivity index (χ0) is 7.54. The molecule has 0 aliphatic rings. The van der Waals surface area contributed by atoms with Crippen molar-refractivity contribution in [2.24, 2.45) is 0 Å². The van der Waals surface area contributed by atoms with Crippen LogP contribution in [0.5, 0.6) is 0 Å². The first kappa shape index (κ1) is 11.3. The Labute approximate surface area is 58.0 Å². The molecule has 0 aromatic heterocycles. The highest BCUT2D eigenvalue weighted by Crippen LogP contribution is 1.64. The van der Waals surface area contributed by atoms with Crippen LogP contribution in [0.15, 0.2) is 25.3 Å². The molecule has 1 nitrogen and oxygen atoms in total. The maximum absolute atomic E-state index is 4.83. The molecule has 0 aliphatic carbocycles. The predicted molar refractivity (Wildman–Crippen MR) is 42.6 cm³/mol. The van der Waals surface area contributed by atoms with Crippen molar-refractivity contribution in [1.29, 1.82) is 0 Å². The van der Waals surface area contributed by atoms with Crippen molar-refractivity contribution in [3.8, 4) is 0 Å². The number of allylic oxidation sites excluding steroid dienone is 2. The van der Waals surface area contributed by atoms with Gasteiger partial charge < -0.3 is 4.74 Å². The van der Waals surface area contributed by atoms with E-state index < -0.39 is 0 Å². The van der Waals surface area contributed by atoms with E-state index in [-0.39, 0.29) is 0 Å². The molecule has 0 atom stereocenters. The summed E-state index contributed by atoms with van der Waals surface area (Å²) < 4.78 is 4.83. The smallest absolute Gasteiger partial charge is 0.0437 e. The Bertz CT molecular complexity index is 49.6. The molecule has 1 heteroatoms. The minimum absolute atomic E-state index is 0.844. The van der Waals surface area contributed by atoms with E-state index in [9.17, 15) is 0 Å². The van der Waals surface area contributed by atoms with Gasteiger partial charge in [0.2, 0.25) is 0 Å². The van der Waals surface area contributed by atoms with Gasteiger partial charge in [0.15, 0.2) is 0 Å². The SMILES string of the molecule is C=CC=C.CCOCC. The van der Waals surface area contributed by atoms with E-state index in [4.69, 9.17) is 4.74 Å². The van der Waals surface area contributed by atoms with Crippen molar-refractivity contribution >= 4 is 0 Å². The Balaban J connectivity index is 0. The van der Waals surface area contributed by atoms with Crippen LogP contribution in [0, 0.1) is 0 Å². The minimum atomic E-state index is 0.844. The summed E-state index contributed by atoms with van der Waals surface area (Å²) in [5.41, 5.74) is 0. The van der Waals surface area contributed by atoms with Crippen molar-refractivity contribution in [3.05, 3.63) is 25.3 Å². The van der Waals surface area contributed by atoms with E-state index in [2.05, 4.69) is 13.2 Å². The van der Waals surface area contributed by atoms with Gasteiger partial charge in [0.05, 0.1) is 0 Å². The Morgan fingerprint density at radius 2 is 1.44 bits per heavy atom. The van der Waals surface area contributed by atoms with Gasteiger partial charge in [0, 0.05) is 13.2 Å². The number of ether oxygens (including phenoxy) is 1. The molecular formula is C8H16O. The van der Waals surface area contributed by atoms with Crippen LogP contribution < -0.4 is 0 Å². The van der Waals surface area contributed by atoms with E-state index >= 15 is 0 Å². The van der Waals surface area contributed by atoms with E-state index in [0.717, 1.165) is 13.2 Å². The van der Waals surface area contributed by atoms with Crippen LogP contribution in [-0.4, -0.2) is 13.2 Å². The first-order chi connectivity index (χ1) is 4.33. The van der Waals surface area contributed by atoms with Crippen molar-refractivity contribution in [2.45, 2.75) is 13.8 Å². The molecule has 0 aromatic carbocycles. The maximum Gasteiger partial charge on any atom is 0.0437 e. The van der Waals surface area contributed by atoms with Crippen LogP contribution in [0.4, 0.5) is 0 Å². The molecule has 0 heterocycles. The lowest BCUT2D eigenvalue weighted by Crippen LogP contribution is -1.84. The molecule has 0 saturated heterocycles. The molecule has 0 radical (unpaired) electrons. The predicted octanol–water partition coefficient (Wildman–Crippen LogP) is 2.40. The third-order valence-electron chi connectivity index (χ3n) is 0.575. The summed E-state index contributed by atoms with van der Waals surface area (Å²) in [7, 11) is 0. The zero-order valence-corrected chi connectivity index (χ0v) is 6.39. The monoisotopic (exact) mass is 128 g/mol. The van der Waals surface area contributed by atoms with Gasteiger partial charge in [-0.3, -0.25) is 0 Å². The van der Waals surface area contributed by atoms with Crippen molar-refractivity contribution in [1.82, 2.24) is 0 Å². The van der Waals surface area contributed by atoms with Gasteiger partial charge in [-0.15, -0.1) is 0 Å². The van der Waals surface area contributed by atoms with E-state index in [0.29, 0.717) is 0 Å². The second kappa shape index (κ2) is 15.7. The van der Waals surface area contributed by atoms with Gasteiger partial charge in [-0.1, -0.05) is 25.3 Å². The lowest BCUT2D eigenvalue weighted by molar-refractivity contribution is 0.162. The highest BCUT2D eigenvalue weighted by Gasteiger charge is 1.64. The van der Waals surface area contributed by atoms with Gasteiger partial charge in [-0.25, -0.2) is 0 Å². The average molecular weight is 128 g/mol. The Kier molecular flexibility index (Phi) is 19.6. The summed E-state index contributed by atoms with van der Waals surface area (Å²) in [5.74, 6) is 0. The first-order valence-electron chi connectivity index (χ1n) is 3.14. The van der Waals surface area contributed by atoms with Crippen LogP contribution in [-0.2, 0) is 4.74 Å². The van der Waals surface area contributed by atoms with Crippen LogP contribution >= 0.6 is 0 Å². The fraction of sp³-hybridized carbons (Fsp3) is 0.500. The second-order valence-corrected chi connectivity index (χ2v) is 1.25. The number of hydrogen-bond donors (Lipinski definition) is 0. The largest absolute Gasteiger partial charge is 0.382 e. The summed E-state index contributed by atoms with van der Waals surface area (Å²) in [6.45, 7) is 12.4. The molecule has 0 aliphatic heterocycles. The lowest BCUT2D eigenvalue weighted by Gasteiger charge is -1.86. The van der Waals surface area contributed by atoms with Crippen LogP contribution in [0.1, 0.15) is 13.8 Å². The molecule has 0 rings (SSSR count). The molecule has 0 N–H and O–H groups in total. The van der Waals surface area contributed by atoms with Crippen LogP contribution in [0.3, 0.4) is 0 Å². The van der Waals surface area contributed by atoms with E-state index in [1.807, 2.05) is 13.8 Å². The Hall–Kier alpha value is -0.560. The fourth-order valence-electron chi connectivity index (χ4n) is 0.204. The second-order valence-electron chi connectivity index (χ2n) is 1.25. The molecule has 9 heavy (non-hydrogen) atoms. The highest BCUT2D eigenvalue weighted by molar-refractivity contribution is 4.88. The summed E-state index contributed by atoms with van der Waals surface area (Å²) in [5, 5.41) is 0. The van der Waals surface area contributed by atoms with Crippen molar-refractivity contribution in [3.63, 3.8) is 0 Å². The number of rotatable bonds is 3. The first-order valence-corrected chi connectivity index (χ1v) is 3.14. The Morgan fingerprint density at radius 1 is 1.11 bits per heavy atom. The third-order valence-corrected chi connectivity index (χ3v) is 0.575. The normalized spacial score (nSPS) is 6.89. The number of hydrogen-bond acceptors (Lipinski definition) is 1. The third kappa shape index (κ3) is 37.0. The van der Waals surface area contributed by atoms with Gasteiger partial charge in [-0.05, 0) is 13.8 Å². The topological polar surface area (TPSA) is 9.23 Å². The quantitative estimate of drug-likeness (QED) is 0.530. The fourth-order valence-corrected chi connectivity index (χ4v) is 0.204. The summed E-state index contributed by atoms with van der Waals surface area (Å²) in [6, 6.07) is 0. The molecule has 0 unspecified atom stereocenters. The molecule has 0 amide bonds. The van der Waals surface area contributed by atoms with E-state index in [1.54, 1.807) is 12.2 Å². The molecule has 0 saturated carbocycles. The molecule has 0 bridgehead atoms.